The lowest BCUT2D eigenvalue weighted by molar-refractivity contribution is 0.285. The van der Waals surface area contributed by atoms with Crippen LogP contribution in [0.2, 0.25) is 0 Å². The van der Waals surface area contributed by atoms with Crippen molar-refractivity contribution < 1.29 is 0 Å². The van der Waals surface area contributed by atoms with Gasteiger partial charge in [0.15, 0.2) is 5.16 Å². The lowest BCUT2D eigenvalue weighted by Crippen LogP contribution is -2.38. The fourth-order valence-electron chi connectivity index (χ4n) is 2.76. The standard InChI is InChI=1S/C15H25N3S/c1-11-6-4-5-7-14(11)16-8-9-19-15-17-12(2)10-13(3)18-15/h10-11,14,16H,4-9H2,1-3H3. The molecular weight excluding hydrogens is 254 g/mol. The molecule has 0 amide bonds. The van der Waals surface area contributed by atoms with Gasteiger partial charge in [0.05, 0.1) is 0 Å². The molecule has 1 aromatic rings. The molecule has 2 rings (SSSR count). The number of nitrogens with one attached hydrogen (secondary N) is 1. The largest absolute Gasteiger partial charge is 0.313 e. The summed E-state index contributed by atoms with van der Waals surface area (Å²) in [6.45, 7) is 7.48. The Kier molecular flexibility index (Phi) is 5.64. The smallest absolute Gasteiger partial charge is 0.188 e. The van der Waals surface area contributed by atoms with E-state index in [0.717, 1.165) is 40.8 Å². The zero-order chi connectivity index (χ0) is 13.7. The molecule has 3 nitrogen and oxygen atoms in total. The van der Waals surface area contributed by atoms with Crippen LogP contribution in [-0.2, 0) is 0 Å². The molecule has 106 valence electrons. The van der Waals surface area contributed by atoms with E-state index in [-0.39, 0.29) is 0 Å². The maximum absolute atomic E-state index is 4.46. The van der Waals surface area contributed by atoms with Crippen molar-refractivity contribution in [3.8, 4) is 0 Å². The van der Waals surface area contributed by atoms with Crippen molar-refractivity contribution >= 4 is 11.8 Å². The van der Waals surface area contributed by atoms with Crippen LogP contribution >= 0.6 is 11.8 Å². The Morgan fingerprint density at radius 2 is 1.89 bits per heavy atom. The molecule has 1 heterocycles. The van der Waals surface area contributed by atoms with Crippen molar-refractivity contribution in [3.63, 3.8) is 0 Å². The fourth-order valence-corrected chi connectivity index (χ4v) is 3.58. The first kappa shape index (κ1) is 14.8. The van der Waals surface area contributed by atoms with Gasteiger partial charge in [0.2, 0.25) is 0 Å². The lowest BCUT2D eigenvalue weighted by atomic mass is 9.86. The van der Waals surface area contributed by atoms with Crippen molar-refractivity contribution in [3.05, 3.63) is 17.5 Å². The molecular formula is C15H25N3S. The molecule has 1 aliphatic carbocycles. The topological polar surface area (TPSA) is 37.8 Å². The van der Waals surface area contributed by atoms with E-state index in [2.05, 4.69) is 22.2 Å². The van der Waals surface area contributed by atoms with Crippen LogP contribution in [0.5, 0.6) is 0 Å². The van der Waals surface area contributed by atoms with Gasteiger partial charge in [0.1, 0.15) is 0 Å². The summed E-state index contributed by atoms with van der Waals surface area (Å²) in [6.07, 6.45) is 5.51. The van der Waals surface area contributed by atoms with Crippen molar-refractivity contribution in [2.24, 2.45) is 5.92 Å². The Morgan fingerprint density at radius 1 is 1.21 bits per heavy atom. The third kappa shape index (κ3) is 4.77. The summed E-state index contributed by atoms with van der Waals surface area (Å²) >= 11 is 1.75. The number of aryl methyl sites for hydroxylation is 2. The fraction of sp³-hybridized carbons (Fsp3) is 0.733. The Morgan fingerprint density at radius 3 is 2.58 bits per heavy atom. The predicted octanol–water partition coefficient (Wildman–Crippen LogP) is 3.35. The van der Waals surface area contributed by atoms with Crippen LogP contribution in [0.25, 0.3) is 0 Å². The number of thioether (sulfide) groups is 1. The second-order valence-electron chi connectivity index (χ2n) is 5.60. The van der Waals surface area contributed by atoms with Crippen molar-refractivity contribution in [2.75, 3.05) is 12.3 Å². The quantitative estimate of drug-likeness (QED) is 0.509. The van der Waals surface area contributed by atoms with E-state index < -0.39 is 0 Å². The van der Waals surface area contributed by atoms with E-state index in [1.807, 2.05) is 19.9 Å². The van der Waals surface area contributed by atoms with E-state index in [9.17, 15) is 0 Å². The molecule has 1 fully saturated rings. The molecule has 19 heavy (non-hydrogen) atoms. The van der Waals surface area contributed by atoms with Gasteiger partial charge in [-0.25, -0.2) is 9.97 Å². The van der Waals surface area contributed by atoms with Gasteiger partial charge in [-0.05, 0) is 38.7 Å². The summed E-state index contributed by atoms with van der Waals surface area (Å²) in [5.74, 6) is 1.88. The average Bonchev–Trinajstić information content (AvgIpc) is 2.35. The maximum atomic E-state index is 4.46. The number of rotatable bonds is 5. The molecule has 0 aliphatic heterocycles. The van der Waals surface area contributed by atoms with Crippen LogP contribution < -0.4 is 5.32 Å². The van der Waals surface area contributed by atoms with Crippen LogP contribution in [0, 0.1) is 19.8 Å². The minimum Gasteiger partial charge on any atom is -0.313 e. The van der Waals surface area contributed by atoms with Crippen LogP contribution in [-0.4, -0.2) is 28.3 Å². The van der Waals surface area contributed by atoms with Crippen LogP contribution in [0.3, 0.4) is 0 Å². The van der Waals surface area contributed by atoms with Gasteiger partial charge in [-0.2, -0.15) is 0 Å². The summed E-state index contributed by atoms with van der Waals surface area (Å²) in [4.78, 5) is 8.91. The van der Waals surface area contributed by atoms with Crippen LogP contribution in [0.1, 0.15) is 44.0 Å². The van der Waals surface area contributed by atoms with Crippen LogP contribution in [0.15, 0.2) is 11.2 Å². The summed E-state index contributed by atoms with van der Waals surface area (Å²) in [7, 11) is 0. The molecule has 1 saturated carbocycles. The number of hydrogen-bond acceptors (Lipinski definition) is 4. The Hall–Kier alpha value is -0.610. The third-order valence-corrected chi connectivity index (χ3v) is 4.66. The SMILES string of the molecule is Cc1cc(C)nc(SCCNC2CCCCC2C)n1. The first-order chi connectivity index (χ1) is 9.15. The monoisotopic (exact) mass is 279 g/mol. The van der Waals surface area contributed by atoms with E-state index >= 15 is 0 Å². The summed E-state index contributed by atoms with van der Waals surface area (Å²) in [6, 6.07) is 2.74. The van der Waals surface area contributed by atoms with Crippen LogP contribution in [0.4, 0.5) is 0 Å². The Bertz CT molecular complexity index is 388. The van der Waals surface area contributed by atoms with Gasteiger partial charge in [0, 0.05) is 29.7 Å². The molecule has 0 radical (unpaired) electrons. The predicted molar refractivity (Wildman–Crippen MR) is 81.7 cm³/mol. The van der Waals surface area contributed by atoms with Crippen molar-refractivity contribution in [2.45, 2.75) is 57.7 Å². The Balaban J connectivity index is 1.71. The summed E-state index contributed by atoms with van der Waals surface area (Å²) in [5.41, 5.74) is 2.12. The van der Waals surface area contributed by atoms with E-state index in [1.165, 1.54) is 25.7 Å². The maximum Gasteiger partial charge on any atom is 0.188 e. The molecule has 0 spiro atoms. The van der Waals surface area contributed by atoms with Gasteiger partial charge in [-0.1, -0.05) is 31.5 Å². The van der Waals surface area contributed by atoms with Crippen molar-refractivity contribution in [1.29, 1.82) is 0 Å². The van der Waals surface area contributed by atoms with Gasteiger partial charge in [-0.3, -0.25) is 0 Å². The highest BCUT2D eigenvalue weighted by atomic mass is 32.2. The molecule has 1 aliphatic rings. The summed E-state index contributed by atoms with van der Waals surface area (Å²) < 4.78 is 0. The molecule has 0 saturated heterocycles. The zero-order valence-electron chi connectivity index (χ0n) is 12.3. The number of aromatic nitrogens is 2. The molecule has 0 bridgehead atoms. The van der Waals surface area contributed by atoms with E-state index in [1.54, 1.807) is 11.8 Å². The normalized spacial score (nSPS) is 23.5. The van der Waals surface area contributed by atoms with Gasteiger partial charge in [-0.15, -0.1) is 0 Å². The highest BCUT2D eigenvalue weighted by molar-refractivity contribution is 7.99. The van der Waals surface area contributed by atoms with Crippen molar-refractivity contribution in [1.82, 2.24) is 15.3 Å². The zero-order valence-corrected chi connectivity index (χ0v) is 13.1. The van der Waals surface area contributed by atoms with Gasteiger partial charge >= 0.3 is 0 Å². The highest BCUT2D eigenvalue weighted by Gasteiger charge is 2.20. The summed E-state index contributed by atoms with van der Waals surface area (Å²) in [5, 5.41) is 4.61. The molecule has 0 aromatic carbocycles. The second-order valence-corrected chi connectivity index (χ2v) is 6.67. The molecule has 1 aromatic heterocycles. The third-order valence-electron chi connectivity index (χ3n) is 3.81. The Labute approximate surface area is 121 Å². The van der Waals surface area contributed by atoms with Gasteiger partial charge < -0.3 is 5.32 Å². The minimum atomic E-state index is 0.717. The van der Waals surface area contributed by atoms with E-state index in [0.29, 0.717) is 0 Å². The first-order valence-corrected chi connectivity index (χ1v) is 8.32. The average molecular weight is 279 g/mol. The van der Waals surface area contributed by atoms with E-state index in [4.69, 9.17) is 0 Å². The molecule has 2 unspecified atom stereocenters. The molecule has 2 atom stereocenters. The lowest BCUT2D eigenvalue weighted by Gasteiger charge is -2.29. The van der Waals surface area contributed by atoms with Gasteiger partial charge in [0.25, 0.3) is 0 Å². The second kappa shape index (κ2) is 7.25. The first-order valence-electron chi connectivity index (χ1n) is 7.33. The number of hydrogen-bond donors (Lipinski definition) is 1. The molecule has 4 heteroatoms. The number of nitrogens with zero attached hydrogens (tertiary/aromatic N) is 2. The molecule has 1 N–H and O–H groups in total. The highest BCUT2D eigenvalue weighted by Crippen LogP contribution is 2.23. The minimum absolute atomic E-state index is 0.717.